The lowest BCUT2D eigenvalue weighted by atomic mass is 10.2. The molecule has 124 valence electrons. The number of carbonyl (C=O) groups is 1. The molecule has 1 aromatic carbocycles. The minimum Gasteiger partial charge on any atom is -0.345 e. The highest BCUT2D eigenvalue weighted by atomic mass is 35.5. The van der Waals surface area contributed by atoms with Gasteiger partial charge in [-0.2, -0.15) is 5.10 Å². The van der Waals surface area contributed by atoms with Gasteiger partial charge in [0.1, 0.15) is 5.82 Å². The molecule has 24 heavy (non-hydrogen) atoms. The molecule has 0 bridgehead atoms. The van der Waals surface area contributed by atoms with Gasteiger partial charge in [0.15, 0.2) is 5.82 Å². The second-order valence-corrected chi connectivity index (χ2v) is 5.89. The van der Waals surface area contributed by atoms with Gasteiger partial charge in [-0.25, -0.2) is 4.68 Å². The van der Waals surface area contributed by atoms with Crippen LogP contribution in [0.2, 0.25) is 5.02 Å². The molecule has 1 amide bonds. The van der Waals surface area contributed by atoms with Crippen LogP contribution >= 0.6 is 11.6 Å². The SMILES string of the molecule is Cc1nn(-c2ccc(Cl)cc2)cc1C(=O)NCc1nnc(C)n1C. The van der Waals surface area contributed by atoms with E-state index in [-0.39, 0.29) is 5.91 Å². The maximum absolute atomic E-state index is 12.4. The predicted octanol–water partition coefficient (Wildman–Crippen LogP) is 2.20. The van der Waals surface area contributed by atoms with Gasteiger partial charge in [0, 0.05) is 18.3 Å². The average molecular weight is 345 g/mol. The summed E-state index contributed by atoms with van der Waals surface area (Å²) in [6.45, 7) is 3.97. The van der Waals surface area contributed by atoms with Crippen LogP contribution in [0, 0.1) is 13.8 Å². The Morgan fingerprint density at radius 2 is 1.92 bits per heavy atom. The van der Waals surface area contributed by atoms with Crippen molar-refractivity contribution < 1.29 is 4.79 Å². The van der Waals surface area contributed by atoms with Crippen LogP contribution in [-0.2, 0) is 13.6 Å². The van der Waals surface area contributed by atoms with Gasteiger partial charge in [-0.1, -0.05) is 11.6 Å². The monoisotopic (exact) mass is 344 g/mol. The van der Waals surface area contributed by atoms with Crippen LogP contribution in [0.3, 0.4) is 0 Å². The molecule has 0 aliphatic rings. The number of aryl methyl sites for hydroxylation is 2. The lowest BCUT2D eigenvalue weighted by molar-refractivity contribution is 0.0949. The van der Waals surface area contributed by atoms with E-state index in [2.05, 4.69) is 20.6 Å². The number of amides is 1. The van der Waals surface area contributed by atoms with Gasteiger partial charge in [0.25, 0.3) is 5.91 Å². The van der Waals surface area contributed by atoms with Gasteiger partial charge >= 0.3 is 0 Å². The summed E-state index contributed by atoms with van der Waals surface area (Å²) in [5.74, 6) is 1.29. The molecule has 2 heterocycles. The van der Waals surface area contributed by atoms with E-state index in [0.29, 0.717) is 28.6 Å². The molecule has 0 atom stereocenters. The van der Waals surface area contributed by atoms with Crippen LogP contribution in [0.1, 0.15) is 27.7 Å². The van der Waals surface area contributed by atoms with E-state index >= 15 is 0 Å². The summed E-state index contributed by atoms with van der Waals surface area (Å²) >= 11 is 5.89. The lowest BCUT2D eigenvalue weighted by Crippen LogP contribution is -2.24. The Labute approximate surface area is 144 Å². The Morgan fingerprint density at radius 1 is 1.21 bits per heavy atom. The second kappa shape index (κ2) is 6.45. The van der Waals surface area contributed by atoms with Gasteiger partial charge in [0.2, 0.25) is 0 Å². The van der Waals surface area contributed by atoms with Gasteiger partial charge in [-0.15, -0.1) is 10.2 Å². The molecular weight excluding hydrogens is 328 g/mol. The Kier molecular flexibility index (Phi) is 4.35. The van der Waals surface area contributed by atoms with Crippen LogP contribution in [0.4, 0.5) is 0 Å². The number of nitrogens with one attached hydrogen (secondary N) is 1. The lowest BCUT2D eigenvalue weighted by Gasteiger charge is -2.04. The van der Waals surface area contributed by atoms with Gasteiger partial charge in [0.05, 0.1) is 23.5 Å². The van der Waals surface area contributed by atoms with Crippen LogP contribution in [0.15, 0.2) is 30.5 Å². The number of carbonyl (C=O) groups excluding carboxylic acids is 1. The van der Waals surface area contributed by atoms with Crippen molar-refractivity contribution in [1.29, 1.82) is 0 Å². The van der Waals surface area contributed by atoms with E-state index in [4.69, 9.17) is 11.6 Å². The first-order valence-electron chi connectivity index (χ1n) is 7.41. The fourth-order valence-electron chi connectivity index (χ4n) is 2.27. The molecular formula is C16H17ClN6O. The van der Waals surface area contributed by atoms with Gasteiger partial charge in [-0.3, -0.25) is 4.79 Å². The van der Waals surface area contributed by atoms with Crippen molar-refractivity contribution >= 4 is 17.5 Å². The molecule has 3 aromatic rings. The highest BCUT2D eigenvalue weighted by molar-refractivity contribution is 6.30. The Bertz CT molecular complexity index is 881. The second-order valence-electron chi connectivity index (χ2n) is 5.45. The van der Waals surface area contributed by atoms with Crippen molar-refractivity contribution in [2.45, 2.75) is 20.4 Å². The van der Waals surface area contributed by atoms with E-state index in [0.717, 1.165) is 11.5 Å². The topological polar surface area (TPSA) is 77.6 Å². The molecule has 8 heteroatoms. The quantitative estimate of drug-likeness (QED) is 0.787. The van der Waals surface area contributed by atoms with E-state index < -0.39 is 0 Å². The minimum atomic E-state index is -0.201. The summed E-state index contributed by atoms with van der Waals surface area (Å²) < 4.78 is 3.50. The van der Waals surface area contributed by atoms with Crippen molar-refractivity contribution in [2.24, 2.45) is 7.05 Å². The Morgan fingerprint density at radius 3 is 2.54 bits per heavy atom. The summed E-state index contributed by atoms with van der Waals surface area (Å²) in [5.41, 5.74) is 2.01. The maximum Gasteiger partial charge on any atom is 0.255 e. The third kappa shape index (κ3) is 3.16. The van der Waals surface area contributed by atoms with Crippen LogP contribution in [0.25, 0.3) is 5.69 Å². The van der Waals surface area contributed by atoms with Crippen LogP contribution in [0.5, 0.6) is 0 Å². The largest absolute Gasteiger partial charge is 0.345 e. The number of rotatable bonds is 4. The summed E-state index contributed by atoms with van der Waals surface area (Å²) in [6, 6.07) is 7.26. The number of hydrogen-bond acceptors (Lipinski definition) is 4. The zero-order chi connectivity index (χ0) is 17.3. The third-order valence-corrected chi connectivity index (χ3v) is 4.08. The van der Waals surface area contributed by atoms with Crippen LogP contribution in [-0.4, -0.2) is 30.5 Å². The zero-order valence-corrected chi connectivity index (χ0v) is 14.4. The van der Waals surface area contributed by atoms with Crippen molar-refractivity contribution in [1.82, 2.24) is 29.9 Å². The molecule has 0 saturated carbocycles. The fourth-order valence-corrected chi connectivity index (χ4v) is 2.39. The van der Waals surface area contributed by atoms with Crippen LogP contribution < -0.4 is 5.32 Å². The number of hydrogen-bond donors (Lipinski definition) is 1. The van der Waals surface area contributed by atoms with Crippen molar-refractivity contribution in [3.05, 3.63) is 58.4 Å². The maximum atomic E-state index is 12.4. The minimum absolute atomic E-state index is 0.201. The highest BCUT2D eigenvalue weighted by Gasteiger charge is 2.15. The molecule has 1 N–H and O–H groups in total. The fraction of sp³-hybridized carbons (Fsp3) is 0.250. The molecule has 0 unspecified atom stereocenters. The summed E-state index contributed by atoms with van der Waals surface area (Å²) in [7, 11) is 1.86. The first kappa shape index (κ1) is 16.2. The number of benzene rings is 1. The van der Waals surface area contributed by atoms with E-state index in [1.165, 1.54) is 0 Å². The number of nitrogens with zero attached hydrogens (tertiary/aromatic N) is 5. The van der Waals surface area contributed by atoms with Gasteiger partial charge in [-0.05, 0) is 38.1 Å². The Hall–Kier alpha value is -2.67. The molecule has 0 fully saturated rings. The number of aromatic nitrogens is 5. The molecule has 0 saturated heterocycles. The molecule has 3 rings (SSSR count). The summed E-state index contributed by atoms with van der Waals surface area (Å²) in [5, 5.41) is 15.9. The Balaban J connectivity index is 1.75. The highest BCUT2D eigenvalue weighted by Crippen LogP contribution is 2.15. The van der Waals surface area contributed by atoms with Crippen molar-refractivity contribution in [3.8, 4) is 5.69 Å². The first-order valence-corrected chi connectivity index (χ1v) is 7.79. The normalized spacial score (nSPS) is 10.8. The molecule has 0 spiro atoms. The average Bonchev–Trinajstić information content (AvgIpc) is 3.10. The predicted molar refractivity (Wildman–Crippen MR) is 90.2 cm³/mol. The van der Waals surface area contributed by atoms with Crippen molar-refractivity contribution in [2.75, 3.05) is 0 Å². The molecule has 0 aliphatic heterocycles. The standard InChI is InChI=1S/C16H17ClN6O/c1-10-14(9-23(21-10)13-6-4-12(17)5-7-13)16(24)18-8-15-20-19-11(2)22(15)3/h4-7,9H,8H2,1-3H3,(H,18,24). The smallest absolute Gasteiger partial charge is 0.255 e. The first-order chi connectivity index (χ1) is 11.5. The van der Waals surface area contributed by atoms with Gasteiger partial charge < -0.3 is 9.88 Å². The molecule has 7 nitrogen and oxygen atoms in total. The number of halogens is 1. The summed E-state index contributed by atoms with van der Waals surface area (Å²) in [6.07, 6.45) is 1.70. The molecule has 0 radical (unpaired) electrons. The molecule has 0 aliphatic carbocycles. The zero-order valence-electron chi connectivity index (χ0n) is 13.6. The summed E-state index contributed by atoms with van der Waals surface area (Å²) in [4.78, 5) is 12.4. The van der Waals surface area contributed by atoms with E-state index in [9.17, 15) is 4.79 Å². The van der Waals surface area contributed by atoms with Crippen molar-refractivity contribution in [3.63, 3.8) is 0 Å². The third-order valence-electron chi connectivity index (χ3n) is 3.82. The molecule has 2 aromatic heterocycles. The van der Waals surface area contributed by atoms with E-state index in [1.807, 2.05) is 30.7 Å². The van der Waals surface area contributed by atoms with E-state index in [1.54, 1.807) is 29.9 Å².